The second kappa shape index (κ2) is 24.4. The number of esters is 1. The van der Waals surface area contributed by atoms with Crippen LogP contribution in [0, 0.1) is 49.3 Å². The van der Waals surface area contributed by atoms with Crippen LogP contribution in [0.4, 0.5) is 4.39 Å². The van der Waals surface area contributed by atoms with Gasteiger partial charge in [0, 0.05) is 57.6 Å². The summed E-state index contributed by atoms with van der Waals surface area (Å²) in [7, 11) is 4.63. The number of fused-ring (bicyclic) bond motifs is 3. The minimum absolute atomic E-state index is 0.00901. The minimum Gasteiger partial charge on any atom is -0.456 e. The van der Waals surface area contributed by atoms with Crippen LogP contribution in [0.2, 0.25) is 0 Å². The number of piperidine rings is 1. The number of ether oxygens (including phenoxy) is 6. The topological polar surface area (TPSA) is 184 Å². The van der Waals surface area contributed by atoms with E-state index in [-0.39, 0.29) is 67.7 Å². The molecule has 0 spiro atoms. The first kappa shape index (κ1) is 55.2. The van der Waals surface area contributed by atoms with Gasteiger partial charge in [0.25, 0.3) is 11.7 Å². The predicted molar refractivity (Wildman–Crippen MR) is 252 cm³/mol. The molecule has 5 rings (SSSR count). The molecule has 2 saturated heterocycles. The number of halogens is 1. The zero-order chi connectivity index (χ0) is 50.2. The predicted octanol–water partition coefficient (Wildman–Crippen LogP) is 7.14. The van der Waals surface area contributed by atoms with E-state index < -0.39 is 83.9 Å². The Labute approximate surface area is 402 Å². The van der Waals surface area contributed by atoms with E-state index in [1.165, 1.54) is 31.3 Å². The number of amides is 1. The smallest absolute Gasteiger partial charge is 0.329 e. The molecule has 1 aromatic carbocycles. The fraction of sp³-hybridized carbons (Fsp3) is 0.717. The highest BCUT2D eigenvalue weighted by molar-refractivity contribution is 6.39. The van der Waals surface area contributed by atoms with Gasteiger partial charge in [0.2, 0.25) is 5.79 Å². The van der Waals surface area contributed by atoms with Crippen molar-refractivity contribution in [3.63, 3.8) is 0 Å². The number of hydrogen-bond acceptors (Lipinski definition) is 13. The van der Waals surface area contributed by atoms with Gasteiger partial charge in [-0.1, -0.05) is 45.4 Å². The quantitative estimate of drug-likeness (QED) is 0.105. The van der Waals surface area contributed by atoms with Crippen LogP contribution in [0.1, 0.15) is 134 Å². The van der Waals surface area contributed by atoms with Crippen molar-refractivity contribution in [2.75, 3.05) is 34.5 Å². The van der Waals surface area contributed by atoms with E-state index in [4.69, 9.17) is 28.4 Å². The Kier molecular flexibility index (Phi) is 19.8. The molecule has 2 bridgehead atoms. The molecule has 1 aromatic rings. The highest BCUT2D eigenvalue weighted by Gasteiger charge is 2.56. The zero-order valence-electron chi connectivity index (χ0n) is 42.2. The number of benzene rings is 1. The van der Waals surface area contributed by atoms with Gasteiger partial charge in [-0.15, -0.1) is 0 Å². The highest BCUT2D eigenvalue weighted by atomic mass is 19.1. The molecule has 3 fully saturated rings. The van der Waals surface area contributed by atoms with Crippen LogP contribution < -0.4 is 0 Å². The first-order chi connectivity index (χ1) is 32.2. The summed E-state index contributed by atoms with van der Waals surface area (Å²) in [4.78, 5) is 71.5. The van der Waals surface area contributed by atoms with Crippen molar-refractivity contribution in [1.82, 2.24) is 4.90 Å². The van der Waals surface area contributed by atoms with Crippen molar-refractivity contribution >= 4 is 29.2 Å². The summed E-state index contributed by atoms with van der Waals surface area (Å²) in [5.74, 6) is -8.49. The lowest BCUT2D eigenvalue weighted by Crippen LogP contribution is -2.64. The van der Waals surface area contributed by atoms with Gasteiger partial charge in [-0.05, 0) is 133 Å². The molecule has 0 aromatic heterocycles. The normalized spacial score (nSPS) is 35.5. The number of rotatable bonds is 10. The average molecular weight is 956 g/mol. The number of methoxy groups -OCH3 is 3. The standard InChI is InChI=1S/C53H78FNO13/c1-12-37-20-29(2)19-30(3)21-45(64-10)49-46(65-11)25-34(7)53(62,68-49)50(59)51(60)55-18-14-13-15-39(55)52(61)67-48(35(8)40(56)27-41(37)57)33(6)22-36-16-17-43(44(26-36)63-9)66-28-42(58)38-23-31(4)47(54)32(5)24-38/h20,22-24,30,34-37,39-40,43-46,48-49,56,62H,12-19,21,25-28H2,1-11H3. The highest BCUT2D eigenvalue weighted by Crippen LogP contribution is 2.39. The molecule has 0 radical (unpaired) electrons. The van der Waals surface area contributed by atoms with E-state index in [9.17, 15) is 38.6 Å². The number of cyclic esters (lactones) is 1. The minimum atomic E-state index is -2.53. The van der Waals surface area contributed by atoms with Gasteiger partial charge in [0.15, 0.2) is 5.78 Å². The second-order valence-electron chi connectivity index (χ2n) is 20.3. The number of carbonyl (C=O) groups excluding carboxylic acids is 5. The van der Waals surface area contributed by atoms with Gasteiger partial charge in [-0.3, -0.25) is 19.2 Å². The molecule has 3 aliphatic heterocycles. The number of aliphatic hydroxyl groups is 2. The molecule has 1 saturated carbocycles. The summed E-state index contributed by atoms with van der Waals surface area (Å²) in [6.45, 7) is 14.2. The van der Waals surface area contributed by atoms with Crippen LogP contribution in [-0.2, 0) is 47.6 Å². The average Bonchev–Trinajstić information content (AvgIpc) is 3.31. The number of aryl methyl sites for hydroxylation is 2. The number of aliphatic hydroxyl groups excluding tert-OH is 1. The number of hydrogen-bond donors (Lipinski definition) is 2. The summed E-state index contributed by atoms with van der Waals surface area (Å²) >= 11 is 0. The first-order valence-corrected chi connectivity index (χ1v) is 24.7. The summed E-state index contributed by atoms with van der Waals surface area (Å²) in [5.41, 5.74) is 2.74. The maximum absolute atomic E-state index is 14.5. The van der Waals surface area contributed by atoms with Crippen molar-refractivity contribution in [3.05, 3.63) is 57.9 Å². The number of nitrogens with zero attached hydrogens (tertiary/aromatic N) is 1. The van der Waals surface area contributed by atoms with Crippen molar-refractivity contribution in [1.29, 1.82) is 0 Å². The Balaban J connectivity index is 1.44. The van der Waals surface area contributed by atoms with E-state index in [0.717, 1.165) is 5.57 Å². The molecule has 4 aliphatic rings. The van der Waals surface area contributed by atoms with Crippen molar-refractivity contribution < 1.29 is 67.0 Å². The molecule has 68 heavy (non-hydrogen) atoms. The number of ketones is 3. The van der Waals surface area contributed by atoms with E-state index >= 15 is 0 Å². The van der Waals surface area contributed by atoms with Crippen LogP contribution in [0.25, 0.3) is 0 Å². The summed E-state index contributed by atoms with van der Waals surface area (Å²) in [6, 6.07) is 1.87. The van der Waals surface area contributed by atoms with Crippen LogP contribution in [0.3, 0.4) is 0 Å². The monoisotopic (exact) mass is 956 g/mol. The van der Waals surface area contributed by atoms with Gasteiger partial charge in [-0.25, -0.2) is 9.18 Å². The van der Waals surface area contributed by atoms with Gasteiger partial charge in [0.1, 0.15) is 36.5 Å². The molecule has 15 heteroatoms. The number of allylic oxidation sites excluding steroid dienone is 3. The maximum atomic E-state index is 14.5. The molecule has 1 aliphatic carbocycles. The van der Waals surface area contributed by atoms with E-state index in [2.05, 4.69) is 0 Å². The molecule has 1 amide bonds. The van der Waals surface area contributed by atoms with Crippen LogP contribution in [0.15, 0.2) is 35.4 Å². The van der Waals surface area contributed by atoms with Crippen molar-refractivity contribution in [3.8, 4) is 0 Å². The van der Waals surface area contributed by atoms with E-state index in [0.29, 0.717) is 73.6 Å². The van der Waals surface area contributed by atoms with Gasteiger partial charge in [-0.2, -0.15) is 0 Å². The summed E-state index contributed by atoms with van der Waals surface area (Å²) in [6.07, 6.45) is 3.34. The third-order valence-electron chi connectivity index (χ3n) is 15.1. The second-order valence-corrected chi connectivity index (χ2v) is 20.3. The van der Waals surface area contributed by atoms with E-state index in [1.807, 2.05) is 39.8 Å². The number of carbonyl (C=O) groups is 5. The maximum Gasteiger partial charge on any atom is 0.329 e. The van der Waals surface area contributed by atoms with Gasteiger partial charge >= 0.3 is 5.97 Å². The fourth-order valence-corrected chi connectivity index (χ4v) is 10.9. The number of Topliss-reactive ketones (excluding diaryl/α,β-unsaturated/α-hetero) is 3. The lowest BCUT2D eigenvalue weighted by molar-refractivity contribution is -0.302. The SMILES string of the molecule is CCC1C=C(C)CC(C)CC(OC)C2OC(O)(C(=O)C(=O)N3CCCCC3C(=O)OC(C(C)=CC3CCC(OCC(=O)c4cc(C)c(F)c(C)c4)C(OC)C3)C(C)C(O)CC1=O)C(C)CC2OC. The third kappa shape index (κ3) is 13.0. The molecular weight excluding hydrogens is 878 g/mol. The molecule has 2 N–H and O–H groups in total. The van der Waals surface area contributed by atoms with E-state index in [1.54, 1.807) is 34.8 Å². The third-order valence-corrected chi connectivity index (χ3v) is 15.1. The Hall–Kier alpha value is -3.70. The van der Waals surface area contributed by atoms with Crippen LogP contribution >= 0.6 is 0 Å². The molecule has 14 unspecified atom stereocenters. The van der Waals surface area contributed by atoms with Gasteiger partial charge in [0.05, 0.1) is 30.5 Å². The Morgan fingerprint density at radius 2 is 1.54 bits per heavy atom. The Bertz CT molecular complexity index is 2000. The molecule has 3 heterocycles. The lowest BCUT2D eigenvalue weighted by atomic mass is 9.81. The van der Waals surface area contributed by atoms with Crippen LogP contribution in [0.5, 0.6) is 0 Å². The van der Waals surface area contributed by atoms with Crippen molar-refractivity contribution in [2.24, 2.45) is 29.6 Å². The largest absolute Gasteiger partial charge is 0.456 e. The molecule has 14 nitrogen and oxygen atoms in total. The molecule has 380 valence electrons. The Morgan fingerprint density at radius 3 is 2.18 bits per heavy atom. The summed E-state index contributed by atoms with van der Waals surface area (Å²) in [5, 5.41) is 24.0. The Morgan fingerprint density at radius 1 is 0.897 bits per heavy atom. The first-order valence-electron chi connectivity index (χ1n) is 24.7. The summed E-state index contributed by atoms with van der Waals surface area (Å²) < 4.78 is 50.6. The molecular formula is C53H78FNO13. The zero-order valence-corrected chi connectivity index (χ0v) is 42.2. The van der Waals surface area contributed by atoms with Gasteiger partial charge < -0.3 is 43.5 Å². The molecule has 14 atom stereocenters. The fourth-order valence-electron chi connectivity index (χ4n) is 10.9. The van der Waals surface area contributed by atoms with Crippen LogP contribution in [-0.4, -0.2) is 133 Å². The van der Waals surface area contributed by atoms with Crippen molar-refractivity contribution in [2.45, 2.75) is 181 Å². The lowest BCUT2D eigenvalue weighted by Gasteiger charge is -2.47.